The van der Waals surface area contributed by atoms with Crippen LogP contribution >= 0.6 is 0 Å². The highest BCUT2D eigenvalue weighted by atomic mass is 16.3. The normalized spacial score (nSPS) is 13.3. The third-order valence-corrected chi connectivity index (χ3v) is 25.3. The Bertz CT molecular complexity index is 8480. The molecule has 14 aromatic carbocycles. The van der Waals surface area contributed by atoms with Crippen LogP contribution in [0.15, 0.2) is 339 Å². The second-order valence-corrected chi connectivity index (χ2v) is 33.1. The fourth-order valence-electron chi connectivity index (χ4n) is 18.5. The van der Waals surface area contributed by atoms with Crippen molar-refractivity contribution in [2.75, 3.05) is 11.9 Å². The van der Waals surface area contributed by atoms with Crippen LogP contribution < -0.4 is 23.5 Å². The van der Waals surface area contributed by atoms with Crippen molar-refractivity contribution < 1.29 is 44.8 Å². The van der Waals surface area contributed by atoms with E-state index in [1.54, 1.807) is 23.1 Å². The summed E-state index contributed by atoms with van der Waals surface area (Å²) in [4.78, 5) is 4.50. The molecule has 10 aromatic heterocycles. The Hall–Kier alpha value is -15.5. The van der Waals surface area contributed by atoms with Gasteiger partial charge in [-0.1, -0.05) is 161 Å². The quantitative estimate of drug-likeness (QED) is 0.155. The van der Waals surface area contributed by atoms with Crippen LogP contribution in [0.2, 0.25) is 0 Å². The van der Waals surface area contributed by atoms with Gasteiger partial charge in [-0.25, -0.2) is 9.13 Å². The number of aromatic nitrogens is 8. The Morgan fingerprint density at radius 1 is 0.352 bits per heavy atom. The first-order valence-corrected chi connectivity index (χ1v) is 42.2. The lowest BCUT2D eigenvalue weighted by Crippen LogP contribution is -2.37. The summed E-state index contributed by atoms with van der Waals surface area (Å²) in [6.07, 6.45) is 16.3. The average Bonchev–Trinajstić information content (AvgIpc) is 1.55. The van der Waals surface area contributed by atoms with Crippen LogP contribution in [-0.4, -0.2) is 37.6 Å². The van der Waals surface area contributed by atoms with Crippen LogP contribution in [0.4, 0.5) is 5.69 Å². The van der Waals surface area contributed by atoms with E-state index in [-0.39, 0.29) is 6.17 Å². The van der Waals surface area contributed by atoms with Gasteiger partial charge < -0.3 is 31.9 Å². The molecule has 0 N–H and O–H groups in total. The fourth-order valence-corrected chi connectivity index (χ4v) is 18.5. The number of benzene rings is 14. The molecule has 0 unspecified atom stereocenters. The highest BCUT2D eigenvalue weighted by Gasteiger charge is 2.30. The number of nitrogens with zero attached hydrogens (tertiary/aromatic N) is 10. The van der Waals surface area contributed by atoms with Crippen molar-refractivity contribution in [3.05, 3.63) is 356 Å². The lowest BCUT2D eigenvalue weighted by molar-refractivity contribution is -0.744. The van der Waals surface area contributed by atoms with Gasteiger partial charge in [-0.2, -0.15) is 0 Å². The smallest absolute Gasteiger partial charge is 0.330 e. The molecule has 1 atom stereocenters. The molecule has 24 aromatic rings. The van der Waals surface area contributed by atoms with E-state index in [2.05, 4.69) is 325 Å². The number of hydrogen-bond acceptors (Lipinski definition) is 9. The summed E-state index contributed by atoms with van der Waals surface area (Å²) in [7, 11) is 10.0. The van der Waals surface area contributed by atoms with Crippen LogP contribution in [0.25, 0.3) is 198 Å². The number of hydrogen-bond donors (Lipinski definition) is 0. The zero-order valence-corrected chi connectivity index (χ0v) is 71.6. The van der Waals surface area contributed by atoms with Crippen molar-refractivity contribution in [2.45, 2.75) is 61.5 Å². The van der Waals surface area contributed by atoms with Crippen molar-refractivity contribution in [1.82, 2.24) is 24.3 Å². The highest BCUT2D eigenvalue weighted by Crippen LogP contribution is 2.46. The average molecular weight is 1640 g/mol. The molecular formula is C110H92N10O5+4. The topological polar surface area (TPSA) is 123 Å². The molecule has 0 saturated heterocycles. The molecule has 11 heterocycles. The molecule has 0 bridgehead atoms. The van der Waals surface area contributed by atoms with E-state index in [1.807, 2.05) is 99.6 Å². The van der Waals surface area contributed by atoms with Crippen LogP contribution in [0, 0.1) is 48.4 Å². The summed E-state index contributed by atoms with van der Waals surface area (Å²) < 4.78 is 68.2. The molecule has 0 saturated carbocycles. The second kappa shape index (κ2) is 30.6. The number of rotatable bonds is 5. The Labute approximate surface area is 725 Å². The molecule has 25 rings (SSSR count). The molecule has 125 heavy (non-hydrogen) atoms. The summed E-state index contributed by atoms with van der Waals surface area (Å²) >= 11 is 0. The minimum atomic E-state index is -2.25. The van der Waals surface area contributed by atoms with Gasteiger partial charge in [0.1, 0.15) is 50.9 Å². The zero-order chi connectivity index (χ0) is 87.8. The van der Waals surface area contributed by atoms with Gasteiger partial charge in [-0.3, -0.25) is 0 Å². The molecule has 0 amide bonds. The first kappa shape index (κ1) is 73.4. The highest BCUT2D eigenvalue weighted by molar-refractivity contribution is 6.18. The van der Waals surface area contributed by atoms with E-state index in [1.165, 1.54) is 87.2 Å². The molecule has 0 spiro atoms. The SMILES string of the molecule is Cc1cc2c(oc3cc4ccccc4cc32)c(-c2cccn[n+]2C)c1C.Cc1ccc2c(oc3cc4ccccc4cc32)c1-n1ccc[n+]1C.Cc1ccc2c(oc3cc4ccccc4cc32)c1N1C=CN(C)[C@@H]1C.Cc1cccn1-c1c2oc3cc4ccccc4cc3c2cc[n+]1C.[2H]C([2H])([2H])c1cc(C)c(-c2cccn[n+]2C)c2oc3cc4ccccc4cc3c12. The number of aryl methyl sites for hydroxylation is 10. The standard InChI is InChI=1S/2C23H19N2O.C22H20N2O.2C21H17N2O/c1-14-11-19-18-12-16-7-4-5-8-17(16)13-21(18)26-23(19)22(15(14)2)20-9-6-10-24-25(20)3;1-14-11-15(2)22(19-9-6-10-24-25(19)3)23-21(14)18-12-16-7-4-5-8-17(16)13-20(18)26-23;1-14-8-9-18-19-12-16-6-4-5-7-17(16)13-20(19)25-22(18)21(14)24-11-10-23(3)15(24)2;1-14-6-5-10-23(14)21-20-17(9-11-22(21)2)18-12-15-7-3-4-8-16(15)13-19(18)24-20;1-14-8-9-17-18-12-15-6-3-4-7-16(15)13-19(18)24-21(17)20(14)23-11-5-10-22(23)2/h2*4-13H,1-3H3;4-13,15H,1-3H3;2*3-13H,1-2H3/q2*+1;;2*+1/t;;15-;;/m..0../s1/i;1D3;;;. The summed E-state index contributed by atoms with van der Waals surface area (Å²) in [6, 6.07) is 92.1. The second-order valence-electron chi connectivity index (χ2n) is 33.1. The van der Waals surface area contributed by atoms with E-state index in [0.717, 1.165) is 133 Å². The lowest BCUT2D eigenvalue weighted by Gasteiger charge is -2.28. The molecule has 15 nitrogen and oxygen atoms in total. The van der Waals surface area contributed by atoms with Crippen LogP contribution in [0.1, 0.15) is 50.1 Å². The van der Waals surface area contributed by atoms with E-state index < -0.39 is 6.85 Å². The lowest BCUT2D eigenvalue weighted by atomic mass is 9.96. The van der Waals surface area contributed by atoms with Crippen LogP contribution in [0.3, 0.4) is 0 Å². The van der Waals surface area contributed by atoms with Gasteiger partial charge in [0.2, 0.25) is 17.0 Å². The maximum Gasteiger partial charge on any atom is 0.330 e. The molecular weight excluding hydrogens is 1540 g/mol. The van der Waals surface area contributed by atoms with Gasteiger partial charge >= 0.3 is 5.82 Å². The van der Waals surface area contributed by atoms with Crippen molar-refractivity contribution in [3.8, 4) is 34.0 Å². The van der Waals surface area contributed by atoms with Gasteiger partial charge in [-0.05, 0) is 250 Å². The minimum absolute atomic E-state index is 0.275. The Morgan fingerprint density at radius 3 is 1.26 bits per heavy atom. The molecule has 1 aliphatic rings. The maximum atomic E-state index is 8.12. The number of fused-ring (bicyclic) bond motifs is 20. The van der Waals surface area contributed by atoms with Crippen molar-refractivity contribution in [3.63, 3.8) is 0 Å². The first-order valence-electron chi connectivity index (χ1n) is 43.7. The Balaban J connectivity index is 0.0000000974. The number of pyridine rings is 1. The third kappa shape index (κ3) is 13.2. The summed E-state index contributed by atoms with van der Waals surface area (Å²) in [5, 5.41) is 31.4. The van der Waals surface area contributed by atoms with Gasteiger partial charge in [0.25, 0.3) is 0 Å². The van der Waals surface area contributed by atoms with Crippen LogP contribution in [0.5, 0.6) is 0 Å². The Kier molecular flexibility index (Phi) is 18.0. The predicted molar refractivity (Wildman–Crippen MR) is 508 cm³/mol. The molecule has 0 fully saturated rings. The minimum Gasteiger partial charge on any atom is -0.455 e. The zero-order valence-electron chi connectivity index (χ0n) is 74.6. The first-order chi connectivity index (χ1) is 62.0. The monoisotopic (exact) mass is 1640 g/mol. The molecule has 0 aliphatic carbocycles. The molecule has 0 radical (unpaired) electrons. The van der Waals surface area contributed by atoms with Gasteiger partial charge in [-0.15, -0.1) is 9.36 Å². The molecule has 15 heteroatoms. The van der Waals surface area contributed by atoms with E-state index in [0.29, 0.717) is 22.1 Å². The van der Waals surface area contributed by atoms with Crippen LogP contribution in [-0.2, 0) is 28.2 Å². The summed E-state index contributed by atoms with van der Waals surface area (Å²) in [5.74, 6) is 1.05. The Morgan fingerprint density at radius 2 is 0.792 bits per heavy atom. The van der Waals surface area contributed by atoms with Crippen molar-refractivity contribution in [2.24, 2.45) is 28.2 Å². The maximum absolute atomic E-state index is 8.12. The number of anilines is 1. The predicted octanol–water partition coefficient (Wildman–Crippen LogP) is 25.4. The van der Waals surface area contributed by atoms with E-state index in [4.69, 9.17) is 26.2 Å². The van der Waals surface area contributed by atoms with Gasteiger partial charge in [0.05, 0.1) is 54.8 Å². The third-order valence-electron chi connectivity index (χ3n) is 25.3. The van der Waals surface area contributed by atoms with Crippen molar-refractivity contribution in [1.29, 1.82) is 0 Å². The number of furan rings is 5. The van der Waals surface area contributed by atoms with Crippen molar-refractivity contribution >= 4 is 169 Å². The van der Waals surface area contributed by atoms with Gasteiger partial charge in [0.15, 0.2) is 44.2 Å². The molecule has 608 valence electrons. The molecule has 1 aliphatic heterocycles. The van der Waals surface area contributed by atoms with E-state index >= 15 is 0 Å². The van der Waals surface area contributed by atoms with Gasteiger partial charge in [0, 0.05) is 95.6 Å². The summed E-state index contributed by atoms with van der Waals surface area (Å²) in [6.45, 7) is 12.6. The largest absolute Gasteiger partial charge is 0.455 e. The fraction of sp³-hybridized carbons (Fsp3) is 0.127. The van der Waals surface area contributed by atoms with E-state index in [9.17, 15) is 0 Å². The summed E-state index contributed by atoms with van der Waals surface area (Å²) in [5.41, 5.74) is 22.2.